The first-order chi connectivity index (χ1) is 12.8. The van der Waals surface area contributed by atoms with Crippen LogP contribution in [0.3, 0.4) is 0 Å². The van der Waals surface area contributed by atoms with E-state index in [2.05, 4.69) is 0 Å². The van der Waals surface area contributed by atoms with Crippen molar-refractivity contribution in [3.05, 3.63) is 84.9 Å². The topological polar surface area (TPSA) is 47.3 Å². The van der Waals surface area contributed by atoms with Gasteiger partial charge in [-0.15, -0.1) is 0 Å². The zero-order valence-corrected chi connectivity index (χ0v) is 14.3. The predicted octanol–water partition coefficient (Wildman–Crippen LogP) is 4.92. The first kappa shape index (κ1) is 16.0. The van der Waals surface area contributed by atoms with Gasteiger partial charge in [0.15, 0.2) is 0 Å². The molecule has 0 bridgehead atoms. The van der Waals surface area contributed by atoms with E-state index in [0.717, 1.165) is 22.5 Å². The van der Waals surface area contributed by atoms with Crippen LogP contribution in [0.2, 0.25) is 0 Å². The Labute approximate surface area is 151 Å². The molecule has 0 aliphatic rings. The van der Waals surface area contributed by atoms with Crippen molar-refractivity contribution in [3.63, 3.8) is 0 Å². The summed E-state index contributed by atoms with van der Waals surface area (Å²) in [4.78, 5) is 0. The molecule has 0 fully saturated rings. The summed E-state index contributed by atoms with van der Waals surface area (Å²) < 4.78 is 7.30. The van der Waals surface area contributed by atoms with E-state index in [9.17, 15) is 5.11 Å². The fourth-order valence-electron chi connectivity index (χ4n) is 2.97. The third-order valence-corrected chi connectivity index (χ3v) is 4.24. The number of hydrogen-bond donors (Lipinski definition) is 1. The number of nitrogens with zero attached hydrogens (tertiary/aromatic N) is 2. The maximum atomic E-state index is 9.98. The van der Waals surface area contributed by atoms with Gasteiger partial charge in [-0.3, -0.25) is 0 Å². The van der Waals surface area contributed by atoms with Crippen LogP contribution in [0.1, 0.15) is 0 Å². The average Bonchev–Trinajstić information content (AvgIpc) is 3.14. The summed E-state index contributed by atoms with van der Waals surface area (Å²) in [5, 5.41) is 14.8. The minimum atomic E-state index is 0.163. The standard InChI is InChI=1S/C22H18N2O2/c1-26-22-13-12-18(25)14-21(22)24-20(17-10-6-3-7-11-17)15-19(23-24)16-8-4-2-5-9-16/h2-15,25H,1H3. The number of ether oxygens (including phenoxy) is 1. The van der Waals surface area contributed by atoms with Crippen molar-refractivity contribution in [2.24, 2.45) is 0 Å². The van der Waals surface area contributed by atoms with Crippen LogP contribution >= 0.6 is 0 Å². The molecule has 0 saturated carbocycles. The Balaban J connectivity index is 1.96. The summed E-state index contributed by atoms with van der Waals surface area (Å²) in [5.41, 5.74) is 4.53. The summed E-state index contributed by atoms with van der Waals surface area (Å²) in [7, 11) is 1.61. The maximum absolute atomic E-state index is 9.98. The second-order valence-corrected chi connectivity index (χ2v) is 5.91. The third-order valence-electron chi connectivity index (χ3n) is 4.24. The van der Waals surface area contributed by atoms with Gasteiger partial charge in [0, 0.05) is 17.2 Å². The van der Waals surface area contributed by atoms with E-state index in [1.807, 2.05) is 71.4 Å². The molecule has 26 heavy (non-hydrogen) atoms. The van der Waals surface area contributed by atoms with E-state index >= 15 is 0 Å². The van der Waals surface area contributed by atoms with Gasteiger partial charge in [-0.2, -0.15) is 5.10 Å². The molecule has 4 nitrogen and oxygen atoms in total. The number of phenols is 1. The van der Waals surface area contributed by atoms with E-state index in [1.165, 1.54) is 0 Å². The van der Waals surface area contributed by atoms with Crippen molar-refractivity contribution in [2.45, 2.75) is 0 Å². The van der Waals surface area contributed by atoms with Gasteiger partial charge in [0.2, 0.25) is 0 Å². The lowest BCUT2D eigenvalue weighted by molar-refractivity contribution is 0.409. The van der Waals surface area contributed by atoms with Crippen LogP contribution in [0.5, 0.6) is 11.5 Å². The molecule has 0 atom stereocenters. The second kappa shape index (κ2) is 6.76. The van der Waals surface area contributed by atoms with Crippen LogP contribution in [0.15, 0.2) is 84.9 Å². The summed E-state index contributed by atoms with van der Waals surface area (Å²) in [5.74, 6) is 0.805. The van der Waals surface area contributed by atoms with Crippen LogP contribution in [0.25, 0.3) is 28.2 Å². The highest BCUT2D eigenvalue weighted by Gasteiger charge is 2.16. The molecule has 1 aromatic heterocycles. The molecular weight excluding hydrogens is 324 g/mol. The Hall–Kier alpha value is -3.53. The van der Waals surface area contributed by atoms with Gasteiger partial charge in [-0.05, 0) is 18.2 Å². The second-order valence-electron chi connectivity index (χ2n) is 5.91. The number of benzene rings is 3. The molecule has 3 aromatic carbocycles. The SMILES string of the molecule is COc1ccc(O)cc1-n1nc(-c2ccccc2)cc1-c1ccccc1. The number of phenolic OH excluding ortho intramolecular Hbond substituents is 1. The minimum Gasteiger partial charge on any atom is -0.508 e. The molecule has 1 N–H and O–H groups in total. The molecule has 0 aliphatic carbocycles. The fourth-order valence-corrected chi connectivity index (χ4v) is 2.97. The molecule has 4 heteroatoms. The summed E-state index contributed by atoms with van der Waals surface area (Å²) >= 11 is 0. The number of methoxy groups -OCH3 is 1. The van der Waals surface area contributed by atoms with Crippen molar-refractivity contribution in [1.29, 1.82) is 0 Å². The highest BCUT2D eigenvalue weighted by atomic mass is 16.5. The molecule has 128 valence electrons. The summed E-state index contributed by atoms with van der Waals surface area (Å²) in [6, 6.07) is 27.1. The molecular formula is C22H18N2O2. The van der Waals surface area contributed by atoms with Gasteiger partial charge < -0.3 is 9.84 Å². The van der Waals surface area contributed by atoms with Crippen LogP contribution < -0.4 is 4.74 Å². The molecule has 4 aromatic rings. The van der Waals surface area contributed by atoms with Gasteiger partial charge >= 0.3 is 0 Å². The molecule has 1 heterocycles. The third kappa shape index (κ3) is 2.93. The summed E-state index contributed by atoms with van der Waals surface area (Å²) in [6.07, 6.45) is 0. The fraction of sp³-hybridized carbons (Fsp3) is 0.0455. The summed E-state index contributed by atoms with van der Waals surface area (Å²) in [6.45, 7) is 0. The molecule has 0 amide bonds. The normalized spacial score (nSPS) is 10.7. The van der Waals surface area contributed by atoms with Gasteiger partial charge in [0.1, 0.15) is 17.2 Å². The lowest BCUT2D eigenvalue weighted by atomic mass is 10.1. The van der Waals surface area contributed by atoms with Gasteiger partial charge in [0.05, 0.1) is 18.5 Å². The van der Waals surface area contributed by atoms with Crippen LogP contribution in [-0.4, -0.2) is 22.0 Å². The van der Waals surface area contributed by atoms with Crippen molar-refractivity contribution in [1.82, 2.24) is 9.78 Å². The first-order valence-corrected chi connectivity index (χ1v) is 8.34. The smallest absolute Gasteiger partial charge is 0.144 e. The number of aromatic nitrogens is 2. The Kier molecular flexibility index (Phi) is 4.15. The largest absolute Gasteiger partial charge is 0.508 e. The van der Waals surface area contributed by atoms with Crippen molar-refractivity contribution in [2.75, 3.05) is 7.11 Å². The maximum Gasteiger partial charge on any atom is 0.144 e. The van der Waals surface area contributed by atoms with Gasteiger partial charge in [0.25, 0.3) is 0 Å². The van der Waals surface area contributed by atoms with Crippen LogP contribution in [0, 0.1) is 0 Å². The predicted molar refractivity (Wildman–Crippen MR) is 103 cm³/mol. The molecule has 0 radical (unpaired) electrons. The molecule has 0 unspecified atom stereocenters. The van der Waals surface area contributed by atoms with E-state index in [4.69, 9.17) is 9.84 Å². The van der Waals surface area contributed by atoms with Crippen molar-refractivity contribution < 1.29 is 9.84 Å². The lowest BCUT2D eigenvalue weighted by Gasteiger charge is -2.12. The first-order valence-electron chi connectivity index (χ1n) is 8.34. The van der Waals surface area contributed by atoms with Gasteiger partial charge in [-0.1, -0.05) is 60.7 Å². The number of rotatable bonds is 4. The monoisotopic (exact) mass is 342 g/mol. The quantitative estimate of drug-likeness (QED) is 0.572. The van der Waals surface area contributed by atoms with Crippen LogP contribution in [0.4, 0.5) is 0 Å². The molecule has 0 saturated heterocycles. The van der Waals surface area contributed by atoms with Crippen molar-refractivity contribution in [3.8, 4) is 39.7 Å². The number of aromatic hydroxyl groups is 1. The molecule has 0 spiro atoms. The minimum absolute atomic E-state index is 0.163. The Morgan fingerprint density at radius 3 is 2.12 bits per heavy atom. The molecule has 4 rings (SSSR count). The highest BCUT2D eigenvalue weighted by Crippen LogP contribution is 2.33. The van der Waals surface area contributed by atoms with Gasteiger partial charge in [-0.25, -0.2) is 4.68 Å². The lowest BCUT2D eigenvalue weighted by Crippen LogP contribution is -2.02. The number of hydrogen-bond acceptors (Lipinski definition) is 3. The van der Waals surface area contributed by atoms with Crippen molar-refractivity contribution >= 4 is 0 Å². The Morgan fingerprint density at radius 1 is 0.808 bits per heavy atom. The zero-order chi connectivity index (χ0) is 17.9. The Bertz CT molecular complexity index is 1020. The van der Waals surface area contributed by atoms with E-state index < -0.39 is 0 Å². The Morgan fingerprint density at radius 2 is 1.46 bits per heavy atom. The average molecular weight is 342 g/mol. The van der Waals surface area contributed by atoms with E-state index in [-0.39, 0.29) is 5.75 Å². The molecule has 0 aliphatic heterocycles. The van der Waals surface area contributed by atoms with Crippen LogP contribution in [-0.2, 0) is 0 Å². The highest BCUT2D eigenvalue weighted by molar-refractivity contribution is 5.71. The van der Waals surface area contributed by atoms with E-state index in [0.29, 0.717) is 11.4 Å². The zero-order valence-electron chi connectivity index (χ0n) is 14.3. The van der Waals surface area contributed by atoms with E-state index in [1.54, 1.807) is 25.3 Å².